The second-order valence-electron chi connectivity index (χ2n) is 8.82. The third kappa shape index (κ3) is 7.52. The molecule has 2 N–H and O–H groups in total. The van der Waals surface area contributed by atoms with Gasteiger partial charge in [0, 0.05) is 31.6 Å². The molecule has 0 saturated heterocycles. The number of carbonyl (C=O) groups excluding carboxylic acids is 2. The lowest BCUT2D eigenvalue weighted by atomic mass is 10.1. The maximum Gasteiger partial charge on any atom is 0.244 e. The summed E-state index contributed by atoms with van der Waals surface area (Å²) in [5.41, 5.74) is 4.14. The van der Waals surface area contributed by atoms with Crippen LogP contribution in [0.25, 0.3) is 11.3 Å². The fourth-order valence-electron chi connectivity index (χ4n) is 3.90. The summed E-state index contributed by atoms with van der Waals surface area (Å²) in [6.07, 6.45) is 0.250. The number of amides is 2. The maximum atomic E-state index is 13.5. The number of rotatable bonds is 9. The molecule has 5 nitrogen and oxygen atoms in total. The van der Waals surface area contributed by atoms with Crippen molar-refractivity contribution in [2.75, 3.05) is 10.6 Å². The van der Waals surface area contributed by atoms with Gasteiger partial charge in [0.1, 0.15) is 5.25 Å². The molecule has 0 aliphatic rings. The zero-order valence-corrected chi connectivity index (χ0v) is 24.2. The molecule has 0 bridgehead atoms. The van der Waals surface area contributed by atoms with Crippen molar-refractivity contribution in [2.45, 2.75) is 16.6 Å². The number of nitrogens with one attached hydrogen (secondary N) is 2. The number of thioether (sulfide) groups is 1. The summed E-state index contributed by atoms with van der Waals surface area (Å²) >= 11 is 14.7. The number of hydrogen-bond donors (Lipinski definition) is 2. The molecule has 1 heterocycles. The molecule has 0 saturated carbocycles. The Morgan fingerprint density at radius 1 is 0.800 bits per heavy atom. The van der Waals surface area contributed by atoms with E-state index in [1.807, 2.05) is 96.4 Å². The van der Waals surface area contributed by atoms with Crippen LogP contribution in [-0.2, 0) is 16.0 Å². The average molecular weight is 605 g/mol. The standard InChI is InChI=1S/C31H23Cl2N3O2S2/c32-23-10-6-20(7-11-23)18-28(37)34-25-14-16-26(17-15-25)40-29(22-4-2-1-3-5-22)30(38)36-31-35-27(19-39-31)21-8-12-24(33)13-9-21/h1-17,19,29H,18H2,(H,34,37)(H,35,36,38). The first-order valence-electron chi connectivity index (χ1n) is 12.3. The van der Waals surface area contributed by atoms with Gasteiger partial charge in [-0.15, -0.1) is 23.1 Å². The third-order valence-corrected chi connectivity index (χ3v) is 8.41. The number of aromatic nitrogens is 1. The molecule has 0 aliphatic heterocycles. The number of halogens is 2. The Kier molecular flexibility index (Phi) is 9.19. The normalized spacial score (nSPS) is 11.6. The summed E-state index contributed by atoms with van der Waals surface area (Å²) in [5.74, 6) is -0.292. The van der Waals surface area contributed by atoms with Gasteiger partial charge in [-0.3, -0.25) is 9.59 Å². The van der Waals surface area contributed by atoms with Crippen molar-refractivity contribution in [1.82, 2.24) is 4.98 Å². The van der Waals surface area contributed by atoms with Gasteiger partial charge >= 0.3 is 0 Å². The van der Waals surface area contributed by atoms with Gasteiger partial charge in [0.2, 0.25) is 11.8 Å². The van der Waals surface area contributed by atoms with Crippen LogP contribution in [0.15, 0.2) is 113 Å². The van der Waals surface area contributed by atoms with Crippen LogP contribution < -0.4 is 10.6 Å². The minimum atomic E-state index is -0.505. The average Bonchev–Trinajstić information content (AvgIpc) is 3.43. The molecule has 4 aromatic carbocycles. The first kappa shape index (κ1) is 27.9. The number of benzene rings is 4. The van der Waals surface area contributed by atoms with Crippen molar-refractivity contribution in [1.29, 1.82) is 0 Å². The van der Waals surface area contributed by atoms with E-state index in [9.17, 15) is 9.59 Å². The summed E-state index contributed by atoms with van der Waals surface area (Å²) in [4.78, 5) is 31.4. The van der Waals surface area contributed by atoms with Crippen molar-refractivity contribution in [3.8, 4) is 11.3 Å². The number of thiazole rings is 1. The molecule has 5 aromatic rings. The van der Waals surface area contributed by atoms with Gasteiger partial charge in [-0.05, 0) is 59.7 Å². The Hall–Kier alpha value is -3.62. The second kappa shape index (κ2) is 13.2. The highest BCUT2D eigenvalue weighted by Gasteiger charge is 2.23. The van der Waals surface area contributed by atoms with Gasteiger partial charge in [0.25, 0.3) is 0 Å². The van der Waals surface area contributed by atoms with Crippen molar-refractivity contribution in [3.05, 3.63) is 130 Å². The fourth-order valence-corrected chi connectivity index (χ4v) is 5.90. The fraction of sp³-hybridized carbons (Fsp3) is 0.0645. The molecule has 0 aliphatic carbocycles. The Bertz CT molecular complexity index is 1590. The Morgan fingerprint density at radius 2 is 1.45 bits per heavy atom. The second-order valence-corrected chi connectivity index (χ2v) is 11.7. The SMILES string of the molecule is O=C(Cc1ccc(Cl)cc1)Nc1ccc(SC(C(=O)Nc2nc(-c3ccc(Cl)cc3)cs2)c2ccccc2)cc1. The summed E-state index contributed by atoms with van der Waals surface area (Å²) in [7, 11) is 0. The quantitative estimate of drug-likeness (QED) is 0.165. The number of anilines is 2. The molecule has 0 radical (unpaired) electrons. The van der Waals surface area contributed by atoms with E-state index < -0.39 is 5.25 Å². The van der Waals surface area contributed by atoms with E-state index in [-0.39, 0.29) is 18.2 Å². The van der Waals surface area contributed by atoms with E-state index in [1.165, 1.54) is 23.1 Å². The molecule has 1 unspecified atom stereocenters. The predicted molar refractivity (Wildman–Crippen MR) is 166 cm³/mol. The Balaban J connectivity index is 1.25. The van der Waals surface area contributed by atoms with Crippen molar-refractivity contribution >= 4 is 68.9 Å². The van der Waals surface area contributed by atoms with Crippen LogP contribution in [0.4, 0.5) is 10.8 Å². The zero-order valence-electron chi connectivity index (χ0n) is 21.0. The highest BCUT2D eigenvalue weighted by molar-refractivity contribution is 8.00. The van der Waals surface area contributed by atoms with Crippen LogP contribution in [0, 0.1) is 0 Å². The van der Waals surface area contributed by atoms with Gasteiger partial charge in [-0.25, -0.2) is 4.98 Å². The van der Waals surface area contributed by atoms with Crippen LogP contribution >= 0.6 is 46.3 Å². The molecule has 2 amide bonds. The molecule has 40 heavy (non-hydrogen) atoms. The first-order chi connectivity index (χ1) is 19.4. The molecular formula is C31H23Cl2N3O2S2. The topological polar surface area (TPSA) is 71.1 Å². The zero-order chi connectivity index (χ0) is 27.9. The molecule has 5 rings (SSSR count). The Morgan fingerprint density at radius 3 is 2.12 bits per heavy atom. The van der Waals surface area contributed by atoms with Crippen LogP contribution in [0.2, 0.25) is 10.0 Å². The highest BCUT2D eigenvalue weighted by Crippen LogP contribution is 2.37. The predicted octanol–water partition coefficient (Wildman–Crippen LogP) is 8.77. The lowest BCUT2D eigenvalue weighted by molar-refractivity contribution is -0.116. The summed E-state index contributed by atoms with van der Waals surface area (Å²) in [6, 6.07) is 31.7. The lowest BCUT2D eigenvalue weighted by Crippen LogP contribution is -2.19. The summed E-state index contributed by atoms with van der Waals surface area (Å²) in [5, 5.41) is 9.11. The molecule has 1 atom stereocenters. The van der Waals surface area contributed by atoms with Gasteiger partial charge in [-0.2, -0.15) is 0 Å². The largest absolute Gasteiger partial charge is 0.326 e. The number of nitrogens with zero attached hydrogens (tertiary/aromatic N) is 1. The number of carbonyl (C=O) groups is 2. The van der Waals surface area contributed by atoms with Gasteiger partial charge in [-0.1, -0.05) is 77.8 Å². The van der Waals surface area contributed by atoms with E-state index in [4.69, 9.17) is 23.2 Å². The van der Waals surface area contributed by atoms with Crippen LogP contribution in [0.1, 0.15) is 16.4 Å². The van der Waals surface area contributed by atoms with E-state index in [2.05, 4.69) is 15.6 Å². The molecule has 0 spiro atoms. The molecule has 200 valence electrons. The van der Waals surface area contributed by atoms with E-state index >= 15 is 0 Å². The minimum Gasteiger partial charge on any atom is -0.326 e. The third-order valence-electron chi connectivity index (χ3n) is 5.88. The summed E-state index contributed by atoms with van der Waals surface area (Å²) in [6.45, 7) is 0. The van der Waals surface area contributed by atoms with Gasteiger partial charge in [0.05, 0.1) is 12.1 Å². The highest BCUT2D eigenvalue weighted by atomic mass is 35.5. The molecule has 9 heteroatoms. The van der Waals surface area contributed by atoms with E-state index in [0.717, 1.165) is 27.3 Å². The van der Waals surface area contributed by atoms with Crippen molar-refractivity contribution < 1.29 is 9.59 Å². The molecule has 1 aromatic heterocycles. The van der Waals surface area contributed by atoms with Crippen LogP contribution in [-0.4, -0.2) is 16.8 Å². The van der Waals surface area contributed by atoms with Crippen LogP contribution in [0.3, 0.4) is 0 Å². The van der Waals surface area contributed by atoms with Gasteiger partial charge in [0.15, 0.2) is 5.13 Å². The van der Waals surface area contributed by atoms with Crippen LogP contribution in [0.5, 0.6) is 0 Å². The van der Waals surface area contributed by atoms with Crippen molar-refractivity contribution in [2.24, 2.45) is 0 Å². The minimum absolute atomic E-state index is 0.120. The van der Waals surface area contributed by atoms with Gasteiger partial charge < -0.3 is 10.6 Å². The smallest absolute Gasteiger partial charge is 0.244 e. The first-order valence-corrected chi connectivity index (χ1v) is 14.8. The Labute approximate surface area is 250 Å². The van der Waals surface area contributed by atoms with E-state index in [0.29, 0.717) is 20.9 Å². The maximum absolute atomic E-state index is 13.5. The number of hydrogen-bond acceptors (Lipinski definition) is 5. The lowest BCUT2D eigenvalue weighted by Gasteiger charge is -2.16. The monoisotopic (exact) mass is 603 g/mol. The molecule has 0 fully saturated rings. The van der Waals surface area contributed by atoms with E-state index in [1.54, 1.807) is 12.1 Å². The molecular weight excluding hydrogens is 581 g/mol. The summed E-state index contributed by atoms with van der Waals surface area (Å²) < 4.78 is 0. The van der Waals surface area contributed by atoms with Crippen molar-refractivity contribution in [3.63, 3.8) is 0 Å².